The molecule has 5 N–H and O–H groups in total. The van der Waals surface area contributed by atoms with Gasteiger partial charge in [0.25, 0.3) is 0 Å². The third-order valence-corrected chi connectivity index (χ3v) is 2.99. The number of amides is 1. The van der Waals surface area contributed by atoms with E-state index < -0.39 is 5.91 Å². The fourth-order valence-corrected chi connectivity index (χ4v) is 1.98. The van der Waals surface area contributed by atoms with Crippen LogP contribution in [0.25, 0.3) is 0 Å². The van der Waals surface area contributed by atoms with Gasteiger partial charge in [0, 0.05) is 17.4 Å². The molecule has 1 aromatic carbocycles. The van der Waals surface area contributed by atoms with Crippen LogP contribution in [0.2, 0.25) is 0 Å². The van der Waals surface area contributed by atoms with Gasteiger partial charge in [0.2, 0.25) is 5.91 Å². The highest BCUT2D eigenvalue weighted by atomic mass is 32.2. The molecule has 1 rings (SSSR count). The van der Waals surface area contributed by atoms with E-state index in [-0.39, 0.29) is 0 Å². The number of nitrogens with two attached hydrogens (primary N) is 2. The summed E-state index contributed by atoms with van der Waals surface area (Å²) in [5, 5.41) is 3.25. The molecule has 5 heteroatoms. The lowest BCUT2D eigenvalue weighted by Gasteiger charge is -2.16. The molecule has 88 valence electrons. The monoisotopic (exact) mass is 239 g/mol. The number of primary amides is 1. The highest BCUT2D eigenvalue weighted by molar-refractivity contribution is 7.98. The largest absolute Gasteiger partial charge is 0.397 e. The number of carbonyl (C=O) groups excluding carboxylic acids is 1. The van der Waals surface area contributed by atoms with Crippen LogP contribution in [-0.4, -0.2) is 24.0 Å². The Kier molecular flexibility index (Phi) is 4.49. The van der Waals surface area contributed by atoms with Crippen LogP contribution in [0.4, 0.5) is 11.4 Å². The van der Waals surface area contributed by atoms with Crippen LogP contribution in [0.5, 0.6) is 0 Å². The molecule has 1 aromatic rings. The van der Waals surface area contributed by atoms with Crippen molar-refractivity contribution < 1.29 is 4.79 Å². The van der Waals surface area contributed by atoms with Gasteiger partial charge in [-0.15, -0.1) is 0 Å². The molecule has 16 heavy (non-hydrogen) atoms. The van der Waals surface area contributed by atoms with E-state index in [0.717, 1.165) is 11.4 Å². The van der Waals surface area contributed by atoms with Gasteiger partial charge in [-0.3, -0.25) is 4.79 Å². The van der Waals surface area contributed by atoms with Gasteiger partial charge < -0.3 is 16.8 Å². The average molecular weight is 239 g/mol. The molecule has 4 nitrogen and oxygen atoms in total. The number of nitrogen functional groups attached to an aromatic ring is 1. The number of carbonyl (C=O) groups is 1. The Bertz CT molecular complexity index is 381. The van der Waals surface area contributed by atoms with E-state index in [2.05, 4.69) is 12.2 Å². The van der Waals surface area contributed by atoms with Crippen molar-refractivity contribution in [1.82, 2.24) is 0 Å². The molecule has 0 aliphatic rings. The van der Waals surface area contributed by atoms with Gasteiger partial charge in [0.1, 0.15) is 0 Å². The smallest absolute Gasteiger partial charge is 0.248 e. The van der Waals surface area contributed by atoms with Gasteiger partial charge in [-0.25, -0.2) is 0 Å². The Morgan fingerprint density at radius 1 is 1.56 bits per heavy atom. The number of thioether (sulfide) groups is 1. The Labute approximate surface area is 99.8 Å². The Morgan fingerprint density at radius 2 is 2.25 bits per heavy atom. The molecule has 0 aromatic heterocycles. The molecule has 0 radical (unpaired) electrons. The lowest BCUT2D eigenvalue weighted by Crippen LogP contribution is -2.19. The minimum absolute atomic E-state index is 0.292. The standard InChI is InChI=1S/C11H17N3OS/c1-7(6-16-2)14-10-5-8(11(13)15)3-4-9(10)12/h3-5,7,14H,6,12H2,1-2H3,(H2,13,15). The maximum atomic E-state index is 11.0. The van der Waals surface area contributed by atoms with E-state index in [1.54, 1.807) is 30.0 Å². The van der Waals surface area contributed by atoms with E-state index in [9.17, 15) is 4.79 Å². The number of rotatable bonds is 5. The van der Waals surface area contributed by atoms with E-state index in [1.807, 2.05) is 6.26 Å². The first kappa shape index (κ1) is 12.7. The summed E-state index contributed by atoms with van der Waals surface area (Å²) in [6, 6.07) is 5.30. The molecule has 1 unspecified atom stereocenters. The lowest BCUT2D eigenvalue weighted by atomic mass is 10.1. The highest BCUT2D eigenvalue weighted by Crippen LogP contribution is 2.21. The van der Waals surface area contributed by atoms with Crippen LogP contribution >= 0.6 is 11.8 Å². The second-order valence-electron chi connectivity index (χ2n) is 3.67. The zero-order chi connectivity index (χ0) is 12.1. The van der Waals surface area contributed by atoms with Crippen molar-refractivity contribution in [1.29, 1.82) is 0 Å². The van der Waals surface area contributed by atoms with E-state index in [1.165, 1.54) is 0 Å². The van der Waals surface area contributed by atoms with Crippen molar-refractivity contribution in [3.05, 3.63) is 23.8 Å². The maximum Gasteiger partial charge on any atom is 0.248 e. The van der Waals surface area contributed by atoms with Gasteiger partial charge in [-0.05, 0) is 31.4 Å². The molecule has 0 saturated heterocycles. The third-order valence-electron chi connectivity index (χ3n) is 2.16. The predicted molar refractivity (Wildman–Crippen MR) is 70.8 cm³/mol. The van der Waals surface area contributed by atoms with Crippen molar-refractivity contribution >= 4 is 29.0 Å². The summed E-state index contributed by atoms with van der Waals surface area (Å²) < 4.78 is 0. The number of hydrogen-bond donors (Lipinski definition) is 3. The van der Waals surface area contributed by atoms with Crippen molar-refractivity contribution in [3.63, 3.8) is 0 Å². The predicted octanol–water partition coefficient (Wildman–Crippen LogP) is 1.53. The Balaban J connectivity index is 2.85. The highest BCUT2D eigenvalue weighted by Gasteiger charge is 2.07. The zero-order valence-electron chi connectivity index (χ0n) is 9.49. The number of anilines is 2. The van der Waals surface area contributed by atoms with E-state index in [0.29, 0.717) is 17.3 Å². The molecular weight excluding hydrogens is 222 g/mol. The van der Waals surface area contributed by atoms with Crippen molar-refractivity contribution in [3.8, 4) is 0 Å². The van der Waals surface area contributed by atoms with Crippen molar-refractivity contribution in [2.45, 2.75) is 13.0 Å². The average Bonchev–Trinajstić information content (AvgIpc) is 2.21. The Hall–Kier alpha value is -1.36. The molecular formula is C11H17N3OS. The summed E-state index contributed by atoms with van der Waals surface area (Å²) >= 11 is 1.75. The minimum atomic E-state index is -0.444. The van der Waals surface area contributed by atoms with Crippen molar-refractivity contribution in [2.75, 3.05) is 23.1 Å². The topological polar surface area (TPSA) is 81.1 Å². The summed E-state index contributed by atoms with van der Waals surface area (Å²) in [5.74, 6) is 0.529. The SMILES string of the molecule is CSCC(C)Nc1cc(C(N)=O)ccc1N. The number of hydrogen-bond acceptors (Lipinski definition) is 4. The molecule has 0 bridgehead atoms. The maximum absolute atomic E-state index is 11.0. The van der Waals surface area contributed by atoms with Gasteiger partial charge in [0.05, 0.1) is 11.4 Å². The quantitative estimate of drug-likeness (QED) is 0.681. The zero-order valence-corrected chi connectivity index (χ0v) is 10.3. The van der Waals surface area contributed by atoms with Gasteiger partial charge in [0.15, 0.2) is 0 Å². The van der Waals surface area contributed by atoms with Crippen LogP contribution in [0, 0.1) is 0 Å². The first-order valence-corrected chi connectivity index (χ1v) is 6.38. The molecule has 0 aliphatic carbocycles. The van der Waals surface area contributed by atoms with Gasteiger partial charge in [-0.2, -0.15) is 11.8 Å². The molecule has 0 aliphatic heterocycles. The summed E-state index contributed by atoms with van der Waals surface area (Å²) in [7, 11) is 0. The van der Waals surface area contributed by atoms with Crippen LogP contribution in [0.3, 0.4) is 0 Å². The van der Waals surface area contributed by atoms with Crippen LogP contribution in [-0.2, 0) is 0 Å². The molecule has 0 saturated carbocycles. The second-order valence-corrected chi connectivity index (χ2v) is 4.58. The fourth-order valence-electron chi connectivity index (χ4n) is 1.39. The summed E-state index contributed by atoms with van der Waals surface area (Å²) in [5.41, 5.74) is 12.9. The first-order chi connectivity index (χ1) is 7.54. The molecule has 0 heterocycles. The Morgan fingerprint density at radius 3 is 2.81 bits per heavy atom. The first-order valence-electron chi connectivity index (χ1n) is 4.99. The number of nitrogens with one attached hydrogen (secondary N) is 1. The summed E-state index contributed by atoms with van der Waals surface area (Å²) in [6.07, 6.45) is 2.04. The summed E-state index contributed by atoms with van der Waals surface area (Å²) in [6.45, 7) is 2.06. The van der Waals surface area contributed by atoms with Gasteiger partial charge >= 0.3 is 0 Å². The second kappa shape index (κ2) is 5.65. The molecule has 0 fully saturated rings. The van der Waals surface area contributed by atoms with Crippen molar-refractivity contribution in [2.24, 2.45) is 5.73 Å². The fraction of sp³-hybridized carbons (Fsp3) is 0.364. The van der Waals surface area contributed by atoms with Crippen LogP contribution in [0.15, 0.2) is 18.2 Å². The van der Waals surface area contributed by atoms with Gasteiger partial charge in [-0.1, -0.05) is 0 Å². The molecule has 1 atom stereocenters. The summed E-state index contributed by atoms with van der Waals surface area (Å²) in [4.78, 5) is 11.0. The minimum Gasteiger partial charge on any atom is -0.397 e. The lowest BCUT2D eigenvalue weighted by molar-refractivity contribution is 0.100. The van der Waals surface area contributed by atoms with E-state index in [4.69, 9.17) is 11.5 Å². The third kappa shape index (κ3) is 3.34. The van der Waals surface area contributed by atoms with Crippen LogP contribution in [0.1, 0.15) is 17.3 Å². The van der Waals surface area contributed by atoms with Crippen LogP contribution < -0.4 is 16.8 Å². The molecule has 1 amide bonds. The molecule has 0 spiro atoms. The van der Waals surface area contributed by atoms with E-state index >= 15 is 0 Å². The number of benzene rings is 1. The normalized spacial score (nSPS) is 12.1.